The van der Waals surface area contributed by atoms with E-state index in [4.69, 9.17) is 42.6 Å². The van der Waals surface area contributed by atoms with Crippen LogP contribution in [0.25, 0.3) is 0 Å². The minimum absolute atomic E-state index is 0.142. The summed E-state index contributed by atoms with van der Waals surface area (Å²) in [5, 5.41) is 83.6. The first kappa shape index (κ1) is 39.7. The van der Waals surface area contributed by atoms with Crippen molar-refractivity contribution in [3.05, 3.63) is 0 Å². The molecule has 4 bridgehead atoms. The summed E-state index contributed by atoms with van der Waals surface area (Å²) in [5.41, 5.74) is 0. The Morgan fingerprint density at radius 1 is 0.510 bits per heavy atom. The zero-order chi connectivity index (χ0) is 37.2. The first-order valence-electron chi connectivity index (χ1n) is 15.3. The van der Waals surface area contributed by atoms with E-state index < -0.39 is 157 Å². The first-order chi connectivity index (χ1) is 23.9. The fourth-order valence-electron chi connectivity index (χ4n) is 6.75. The molecule has 6 rings (SSSR count). The number of aliphatic hydroxyl groups excluding tert-OH is 8. The summed E-state index contributed by atoms with van der Waals surface area (Å²) in [5.74, 6) is 0. The second-order valence-corrected chi connectivity index (χ2v) is 14.5. The van der Waals surface area contributed by atoms with Crippen molar-refractivity contribution in [3.8, 4) is 0 Å². The van der Waals surface area contributed by atoms with Crippen LogP contribution in [0, 0.1) is 0 Å². The molecule has 6 aliphatic rings. The zero-order valence-corrected chi connectivity index (χ0v) is 27.4. The maximum absolute atomic E-state index is 11.7. The third kappa shape index (κ3) is 8.21. The van der Waals surface area contributed by atoms with Crippen LogP contribution in [0.1, 0.15) is 0 Å². The van der Waals surface area contributed by atoms with Crippen LogP contribution in [0.5, 0.6) is 0 Å². The molecule has 10 N–H and O–H groups in total. The Balaban J connectivity index is 1.19. The summed E-state index contributed by atoms with van der Waals surface area (Å²) < 4.78 is 124. The molecule has 0 amide bonds. The van der Waals surface area contributed by atoms with Gasteiger partial charge in [-0.3, -0.25) is 9.11 Å². The van der Waals surface area contributed by atoms with E-state index >= 15 is 0 Å². The number of rotatable bonds is 12. The van der Waals surface area contributed by atoms with Crippen molar-refractivity contribution in [1.29, 1.82) is 0 Å². The van der Waals surface area contributed by atoms with Crippen LogP contribution in [0.2, 0.25) is 0 Å². The van der Waals surface area contributed by atoms with E-state index in [1.807, 2.05) is 0 Å². The van der Waals surface area contributed by atoms with Crippen molar-refractivity contribution in [3.63, 3.8) is 0 Å². The molecule has 296 valence electrons. The number of hydrogen-bond donors (Lipinski definition) is 10. The van der Waals surface area contributed by atoms with E-state index in [0.29, 0.717) is 0 Å². The highest BCUT2D eigenvalue weighted by Gasteiger charge is 2.59. The normalized spacial score (nSPS) is 50.4. The molecule has 27 heteroatoms. The van der Waals surface area contributed by atoms with Crippen molar-refractivity contribution < 1.29 is 118 Å². The molecule has 0 aromatic rings. The standard InChI is InChI=1S/C24H38O25S2/c25-1-5-15(48-50(33,34)35)19(10(28)21(32)41-5)46-23-12(30)18-14(8(44-23)4-40-18)45-24-13(31)20(16(6(2-26)42-24)49-51(36,37)38)47-22-11(29)17-9(27)7(43-22)3-39-17/h5-32H,1-4H2,(H,33,34,35)(H,36,37,38)/t5-,6-,7-,8-,9-,10-,11-,12-,13-,14-,15+,16+,17+,18-,19-,20-,21-,22-,23-,24+/m1/s1. The average molecular weight is 791 g/mol. The van der Waals surface area contributed by atoms with E-state index in [2.05, 4.69) is 8.37 Å². The maximum Gasteiger partial charge on any atom is 0.397 e. The lowest BCUT2D eigenvalue weighted by molar-refractivity contribution is -0.370. The zero-order valence-electron chi connectivity index (χ0n) is 25.8. The lowest BCUT2D eigenvalue weighted by Crippen LogP contribution is -2.66. The van der Waals surface area contributed by atoms with Crippen LogP contribution in [0.4, 0.5) is 0 Å². The predicted molar refractivity (Wildman–Crippen MR) is 148 cm³/mol. The molecule has 6 aliphatic heterocycles. The predicted octanol–water partition coefficient (Wildman–Crippen LogP) is -8.00. The van der Waals surface area contributed by atoms with Gasteiger partial charge in [0.15, 0.2) is 25.2 Å². The molecule has 0 aromatic carbocycles. The van der Waals surface area contributed by atoms with Gasteiger partial charge < -0.3 is 83.5 Å². The Hall–Kier alpha value is -0.940. The number of aliphatic hydroxyl groups is 8. The monoisotopic (exact) mass is 790 g/mol. The van der Waals surface area contributed by atoms with Crippen LogP contribution in [0.3, 0.4) is 0 Å². The van der Waals surface area contributed by atoms with Gasteiger partial charge in [-0.05, 0) is 0 Å². The smallest absolute Gasteiger partial charge is 0.394 e. The van der Waals surface area contributed by atoms with Crippen LogP contribution in [-0.4, -0.2) is 216 Å². The van der Waals surface area contributed by atoms with Crippen LogP contribution >= 0.6 is 0 Å². The average Bonchev–Trinajstić information content (AvgIpc) is 3.50. The van der Waals surface area contributed by atoms with Gasteiger partial charge in [0.05, 0.1) is 26.4 Å². The molecular weight excluding hydrogens is 752 g/mol. The summed E-state index contributed by atoms with van der Waals surface area (Å²) >= 11 is 0. The van der Waals surface area contributed by atoms with Gasteiger partial charge in [-0.2, -0.15) is 16.8 Å². The summed E-state index contributed by atoms with van der Waals surface area (Å²) in [6, 6.07) is 0. The summed E-state index contributed by atoms with van der Waals surface area (Å²) in [6.45, 7) is -2.46. The topological polar surface area (TPSA) is 372 Å². The highest BCUT2D eigenvalue weighted by Crippen LogP contribution is 2.39. The minimum Gasteiger partial charge on any atom is -0.394 e. The second kappa shape index (κ2) is 15.3. The molecule has 6 fully saturated rings. The lowest BCUT2D eigenvalue weighted by atomic mass is 9.96. The molecule has 0 unspecified atom stereocenters. The molecule has 0 radical (unpaired) electrons. The molecule has 0 aliphatic carbocycles. The number of fused-ring (bicyclic) bond motifs is 4. The minimum atomic E-state index is -5.29. The molecule has 0 spiro atoms. The van der Waals surface area contributed by atoms with Crippen molar-refractivity contribution in [2.24, 2.45) is 0 Å². The quantitative estimate of drug-likeness (QED) is 0.0821. The third-order valence-electron chi connectivity index (χ3n) is 9.11. The molecule has 20 atom stereocenters. The van der Waals surface area contributed by atoms with Gasteiger partial charge in [-0.15, -0.1) is 0 Å². The maximum atomic E-state index is 11.7. The Morgan fingerprint density at radius 2 is 0.961 bits per heavy atom. The summed E-state index contributed by atoms with van der Waals surface area (Å²) in [7, 11) is -10.5. The van der Waals surface area contributed by atoms with Crippen LogP contribution in [-0.2, 0) is 71.8 Å². The number of ether oxygens (including phenoxy) is 9. The Labute approximate surface area is 287 Å². The molecule has 6 saturated heterocycles. The Morgan fingerprint density at radius 3 is 1.53 bits per heavy atom. The lowest BCUT2D eigenvalue weighted by Gasteiger charge is -2.47. The fourth-order valence-corrected chi connectivity index (χ4v) is 7.78. The number of hydrogen-bond acceptors (Lipinski definition) is 23. The van der Waals surface area contributed by atoms with E-state index in [1.165, 1.54) is 0 Å². The van der Waals surface area contributed by atoms with E-state index in [9.17, 15) is 66.8 Å². The van der Waals surface area contributed by atoms with Gasteiger partial charge in [-0.1, -0.05) is 0 Å². The third-order valence-corrected chi connectivity index (χ3v) is 10.0. The van der Waals surface area contributed by atoms with Crippen molar-refractivity contribution in [2.75, 3.05) is 26.4 Å². The highest BCUT2D eigenvalue weighted by molar-refractivity contribution is 7.81. The van der Waals surface area contributed by atoms with Crippen molar-refractivity contribution in [2.45, 2.75) is 123 Å². The molecular formula is C24H38O25S2. The largest absolute Gasteiger partial charge is 0.397 e. The van der Waals surface area contributed by atoms with Gasteiger partial charge in [-0.25, -0.2) is 8.37 Å². The van der Waals surface area contributed by atoms with Gasteiger partial charge >= 0.3 is 20.8 Å². The molecule has 6 heterocycles. The molecule has 51 heavy (non-hydrogen) atoms. The van der Waals surface area contributed by atoms with Gasteiger partial charge in [0.25, 0.3) is 0 Å². The summed E-state index contributed by atoms with van der Waals surface area (Å²) in [4.78, 5) is 0. The van der Waals surface area contributed by atoms with E-state index in [1.54, 1.807) is 0 Å². The van der Waals surface area contributed by atoms with Crippen molar-refractivity contribution >= 4 is 20.8 Å². The van der Waals surface area contributed by atoms with Crippen molar-refractivity contribution in [1.82, 2.24) is 0 Å². The first-order valence-corrected chi connectivity index (χ1v) is 18.1. The SMILES string of the molecule is O=S(=O)(O)O[C@@H]1[C@H](O[C@H]2O[C@@H]3CO[C@H]([C@H]2O)[C@@H]3O[C@@H]2O[C@H](CO)[C@H](OS(=O)(=O)O)[C@H](O[C@H]3O[C@@H]4CO[C@H]([C@H]3O)[C@@H]4O)[C@H]2O)[C@@H](O)[C@H](O)O[C@@H]1CO. The highest BCUT2D eigenvalue weighted by atomic mass is 32.3. The fraction of sp³-hybridized carbons (Fsp3) is 1.00. The van der Waals surface area contributed by atoms with Crippen LogP contribution < -0.4 is 0 Å². The molecule has 0 aromatic heterocycles. The Bertz CT molecular complexity index is 1420. The Kier molecular flexibility index (Phi) is 11.9. The van der Waals surface area contributed by atoms with Gasteiger partial charge in [0, 0.05) is 0 Å². The molecule has 25 nitrogen and oxygen atoms in total. The van der Waals surface area contributed by atoms with E-state index in [0.717, 1.165) is 0 Å². The summed E-state index contributed by atoms with van der Waals surface area (Å²) in [6.07, 6.45) is -33.6. The van der Waals surface area contributed by atoms with Gasteiger partial charge in [0.1, 0.15) is 97.7 Å². The van der Waals surface area contributed by atoms with Gasteiger partial charge in [0.2, 0.25) is 0 Å². The second-order valence-electron chi connectivity index (χ2n) is 12.4. The van der Waals surface area contributed by atoms with Crippen LogP contribution in [0.15, 0.2) is 0 Å². The van der Waals surface area contributed by atoms with E-state index in [-0.39, 0.29) is 13.2 Å². The molecule has 0 saturated carbocycles.